The maximum atomic E-state index is 11.9. The van der Waals surface area contributed by atoms with E-state index in [0.29, 0.717) is 6.61 Å². The van der Waals surface area contributed by atoms with E-state index in [0.717, 1.165) is 0 Å². The predicted molar refractivity (Wildman–Crippen MR) is 34.1 cm³/mol. The molecule has 1 aliphatic rings. The molecule has 1 saturated carbocycles. The first kappa shape index (κ1) is 8.84. The van der Waals surface area contributed by atoms with Crippen LogP contribution in [0.5, 0.6) is 0 Å². The molecule has 0 aliphatic heterocycles. The summed E-state index contributed by atoms with van der Waals surface area (Å²) >= 11 is 0. The fraction of sp³-hybridized carbons (Fsp3) is 1.00. The molecule has 0 spiro atoms. The molecule has 2 unspecified atom stereocenters. The topological polar surface area (TPSA) is 9.23 Å². The number of alkyl halides is 3. The minimum absolute atomic E-state index is 0.253. The zero-order valence-electron chi connectivity index (χ0n) is 6.32. The van der Waals surface area contributed by atoms with E-state index in [1.807, 2.05) is 0 Å². The van der Waals surface area contributed by atoms with Crippen LogP contribution in [-0.2, 0) is 4.74 Å². The second-order valence-corrected chi connectivity index (χ2v) is 2.80. The molecular formula is C7H11F3O. The molecule has 1 fully saturated rings. The molecule has 0 aromatic rings. The summed E-state index contributed by atoms with van der Waals surface area (Å²) in [6, 6.07) is 0. The molecule has 0 aromatic heterocycles. The summed E-state index contributed by atoms with van der Waals surface area (Å²) in [6.07, 6.45) is -3.74. The molecular weight excluding hydrogens is 157 g/mol. The lowest BCUT2D eigenvalue weighted by Gasteiger charge is -2.04. The Labute approximate surface area is 63.5 Å². The zero-order chi connectivity index (χ0) is 8.48. The molecule has 1 aliphatic carbocycles. The lowest BCUT2D eigenvalue weighted by atomic mass is 10.3. The highest BCUT2D eigenvalue weighted by Crippen LogP contribution is 2.49. The van der Waals surface area contributed by atoms with Crippen molar-refractivity contribution in [3.8, 4) is 0 Å². The number of halogens is 3. The Morgan fingerprint density at radius 3 is 2.45 bits per heavy atom. The summed E-state index contributed by atoms with van der Waals surface area (Å²) in [6.45, 7) is 2.55. The summed E-state index contributed by atoms with van der Waals surface area (Å²) < 4.78 is 40.5. The van der Waals surface area contributed by atoms with Crippen LogP contribution in [0.25, 0.3) is 0 Å². The average molecular weight is 168 g/mol. The van der Waals surface area contributed by atoms with E-state index in [9.17, 15) is 13.2 Å². The van der Waals surface area contributed by atoms with E-state index in [1.54, 1.807) is 6.92 Å². The number of ether oxygens (including phenoxy) is 1. The summed E-state index contributed by atoms with van der Waals surface area (Å²) in [5.74, 6) is -1.36. The van der Waals surface area contributed by atoms with E-state index < -0.39 is 12.1 Å². The van der Waals surface area contributed by atoms with Crippen LogP contribution in [0, 0.1) is 11.8 Å². The van der Waals surface area contributed by atoms with Crippen molar-refractivity contribution in [1.29, 1.82) is 0 Å². The van der Waals surface area contributed by atoms with Gasteiger partial charge in [0.05, 0.1) is 5.92 Å². The Hall–Kier alpha value is -0.250. The van der Waals surface area contributed by atoms with Crippen LogP contribution in [0.1, 0.15) is 13.3 Å². The first-order valence-electron chi connectivity index (χ1n) is 3.70. The van der Waals surface area contributed by atoms with Crippen molar-refractivity contribution in [3.63, 3.8) is 0 Å². The van der Waals surface area contributed by atoms with Gasteiger partial charge in [0.1, 0.15) is 0 Å². The number of hydrogen-bond acceptors (Lipinski definition) is 1. The van der Waals surface area contributed by atoms with Crippen molar-refractivity contribution in [2.45, 2.75) is 19.5 Å². The van der Waals surface area contributed by atoms with Crippen molar-refractivity contribution in [2.24, 2.45) is 11.8 Å². The standard InChI is InChI=1S/C7H11F3O/c1-2-11-4-5-3-6(5)7(8,9)10/h5-6H,2-4H2,1H3. The average Bonchev–Trinajstić information content (AvgIpc) is 2.60. The molecule has 11 heavy (non-hydrogen) atoms. The van der Waals surface area contributed by atoms with Gasteiger partial charge in [0.15, 0.2) is 0 Å². The Morgan fingerprint density at radius 1 is 1.45 bits per heavy atom. The zero-order valence-corrected chi connectivity index (χ0v) is 6.32. The lowest BCUT2D eigenvalue weighted by Crippen LogP contribution is -2.13. The van der Waals surface area contributed by atoms with Gasteiger partial charge in [-0.3, -0.25) is 0 Å². The van der Waals surface area contributed by atoms with Crippen LogP contribution in [0.4, 0.5) is 13.2 Å². The van der Waals surface area contributed by atoms with E-state index in [2.05, 4.69) is 0 Å². The number of rotatable bonds is 3. The highest BCUT2D eigenvalue weighted by atomic mass is 19.4. The summed E-state index contributed by atoms with van der Waals surface area (Å²) in [4.78, 5) is 0. The Balaban J connectivity index is 2.16. The molecule has 0 bridgehead atoms. The summed E-state index contributed by atoms with van der Waals surface area (Å²) in [7, 11) is 0. The first-order valence-corrected chi connectivity index (χ1v) is 3.70. The maximum Gasteiger partial charge on any atom is 0.392 e. The van der Waals surface area contributed by atoms with Crippen molar-refractivity contribution in [1.82, 2.24) is 0 Å². The minimum atomic E-state index is -4.00. The van der Waals surface area contributed by atoms with E-state index >= 15 is 0 Å². The van der Waals surface area contributed by atoms with Gasteiger partial charge < -0.3 is 4.74 Å². The Kier molecular flexibility index (Phi) is 2.42. The van der Waals surface area contributed by atoms with Gasteiger partial charge in [-0.2, -0.15) is 13.2 Å². The molecule has 0 aromatic carbocycles. The third-order valence-electron chi connectivity index (χ3n) is 1.88. The summed E-state index contributed by atoms with van der Waals surface area (Å²) in [5, 5.41) is 0. The second kappa shape index (κ2) is 3.01. The molecule has 4 heteroatoms. The van der Waals surface area contributed by atoms with Crippen LogP contribution in [0.3, 0.4) is 0 Å². The fourth-order valence-electron chi connectivity index (χ4n) is 1.10. The van der Waals surface area contributed by atoms with Crippen molar-refractivity contribution < 1.29 is 17.9 Å². The van der Waals surface area contributed by atoms with Crippen LogP contribution >= 0.6 is 0 Å². The highest BCUT2D eigenvalue weighted by Gasteiger charge is 2.55. The maximum absolute atomic E-state index is 11.9. The van der Waals surface area contributed by atoms with Gasteiger partial charge in [-0.15, -0.1) is 0 Å². The quantitative estimate of drug-likeness (QED) is 0.627. The monoisotopic (exact) mass is 168 g/mol. The molecule has 1 nitrogen and oxygen atoms in total. The van der Waals surface area contributed by atoms with E-state index in [4.69, 9.17) is 4.74 Å². The molecule has 0 saturated heterocycles. The SMILES string of the molecule is CCOCC1CC1C(F)(F)F. The molecule has 1 rings (SSSR count). The van der Waals surface area contributed by atoms with Gasteiger partial charge in [-0.25, -0.2) is 0 Å². The first-order chi connectivity index (χ1) is 5.05. The van der Waals surface area contributed by atoms with Crippen LogP contribution < -0.4 is 0 Å². The van der Waals surface area contributed by atoms with Crippen molar-refractivity contribution in [3.05, 3.63) is 0 Å². The van der Waals surface area contributed by atoms with Gasteiger partial charge in [0, 0.05) is 13.2 Å². The fourth-order valence-corrected chi connectivity index (χ4v) is 1.10. The highest BCUT2D eigenvalue weighted by molar-refractivity contribution is 4.91. The van der Waals surface area contributed by atoms with Gasteiger partial charge in [-0.05, 0) is 19.3 Å². The third-order valence-corrected chi connectivity index (χ3v) is 1.88. The summed E-state index contributed by atoms with van der Waals surface area (Å²) in [5.41, 5.74) is 0. The predicted octanol–water partition coefficient (Wildman–Crippen LogP) is 2.22. The van der Waals surface area contributed by atoms with Crippen molar-refractivity contribution in [2.75, 3.05) is 13.2 Å². The van der Waals surface area contributed by atoms with Crippen LogP contribution in [0.15, 0.2) is 0 Å². The second-order valence-electron chi connectivity index (χ2n) is 2.80. The third kappa shape index (κ3) is 2.36. The van der Waals surface area contributed by atoms with E-state index in [-0.39, 0.29) is 18.9 Å². The van der Waals surface area contributed by atoms with Crippen LogP contribution in [-0.4, -0.2) is 19.4 Å². The molecule has 0 amide bonds. The normalized spacial score (nSPS) is 30.5. The number of hydrogen-bond donors (Lipinski definition) is 0. The molecule has 66 valence electrons. The molecule has 0 N–H and O–H groups in total. The molecule has 2 atom stereocenters. The van der Waals surface area contributed by atoms with Gasteiger partial charge in [0.25, 0.3) is 0 Å². The smallest absolute Gasteiger partial charge is 0.381 e. The molecule has 0 heterocycles. The van der Waals surface area contributed by atoms with Gasteiger partial charge in [0.2, 0.25) is 0 Å². The largest absolute Gasteiger partial charge is 0.392 e. The molecule has 0 radical (unpaired) electrons. The Bertz CT molecular complexity index is 132. The Morgan fingerprint density at radius 2 is 2.09 bits per heavy atom. The van der Waals surface area contributed by atoms with Crippen LogP contribution in [0.2, 0.25) is 0 Å². The lowest BCUT2D eigenvalue weighted by molar-refractivity contribution is -0.152. The van der Waals surface area contributed by atoms with Gasteiger partial charge >= 0.3 is 6.18 Å². The van der Waals surface area contributed by atoms with Crippen molar-refractivity contribution >= 4 is 0 Å². The minimum Gasteiger partial charge on any atom is -0.381 e. The van der Waals surface area contributed by atoms with Gasteiger partial charge in [-0.1, -0.05) is 0 Å². The van der Waals surface area contributed by atoms with E-state index in [1.165, 1.54) is 0 Å².